The largest absolute Gasteiger partial charge is 0.366 e. The lowest BCUT2D eigenvalue weighted by Gasteiger charge is -2.14. The minimum Gasteiger partial charge on any atom is -0.366 e. The second-order valence-corrected chi connectivity index (χ2v) is 4.45. The molecule has 0 aliphatic carbocycles. The van der Waals surface area contributed by atoms with Gasteiger partial charge in [-0.05, 0) is 36.2 Å². The minimum absolute atomic E-state index is 0.200. The highest BCUT2D eigenvalue weighted by atomic mass is 16.1. The maximum absolute atomic E-state index is 11.1. The molecule has 98 valence electrons. The quantitative estimate of drug-likeness (QED) is 0.859. The lowest BCUT2D eigenvalue weighted by atomic mass is 10.1. The molecular weight excluding hydrogens is 238 g/mol. The summed E-state index contributed by atoms with van der Waals surface area (Å²) in [6.45, 7) is 2.76. The Labute approximate surface area is 112 Å². The standard InChI is InChI=1S/C15H17N3O/c1-11(14-6-3-7-17-10-14)18-9-12-4-2-5-13(8-12)15(16)19/h2-8,10-11,18H,9H2,1H3,(H2,16,19)/t11-/m0/s1. The molecule has 0 saturated heterocycles. The highest BCUT2D eigenvalue weighted by Crippen LogP contribution is 2.11. The number of nitrogens with two attached hydrogens (primary N) is 1. The fraction of sp³-hybridized carbons (Fsp3) is 0.200. The first-order valence-corrected chi connectivity index (χ1v) is 6.19. The smallest absolute Gasteiger partial charge is 0.248 e. The van der Waals surface area contributed by atoms with Crippen molar-refractivity contribution in [3.8, 4) is 0 Å². The Morgan fingerprint density at radius 3 is 2.89 bits per heavy atom. The number of hydrogen-bond acceptors (Lipinski definition) is 3. The minimum atomic E-state index is -0.401. The zero-order valence-corrected chi connectivity index (χ0v) is 10.8. The van der Waals surface area contributed by atoms with E-state index in [9.17, 15) is 4.79 Å². The monoisotopic (exact) mass is 255 g/mol. The Morgan fingerprint density at radius 1 is 1.37 bits per heavy atom. The first kappa shape index (κ1) is 13.2. The van der Waals surface area contributed by atoms with E-state index in [1.165, 1.54) is 0 Å². The molecule has 1 atom stereocenters. The summed E-state index contributed by atoms with van der Waals surface area (Å²) in [5.41, 5.74) is 7.96. The Hall–Kier alpha value is -2.20. The Bertz CT molecular complexity index is 554. The van der Waals surface area contributed by atoms with Crippen molar-refractivity contribution in [2.24, 2.45) is 5.73 Å². The zero-order chi connectivity index (χ0) is 13.7. The predicted molar refractivity (Wildman–Crippen MR) is 74.5 cm³/mol. The van der Waals surface area contributed by atoms with E-state index in [1.807, 2.05) is 36.5 Å². The summed E-state index contributed by atoms with van der Waals surface area (Å²) in [5.74, 6) is -0.401. The molecule has 2 aromatic rings. The third-order valence-electron chi connectivity index (χ3n) is 3.01. The summed E-state index contributed by atoms with van der Waals surface area (Å²) in [6.07, 6.45) is 3.60. The van der Waals surface area contributed by atoms with E-state index in [1.54, 1.807) is 12.3 Å². The van der Waals surface area contributed by atoms with Crippen LogP contribution in [0.3, 0.4) is 0 Å². The van der Waals surface area contributed by atoms with Gasteiger partial charge in [-0.15, -0.1) is 0 Å². The SMILES string of the molecule is C[C@H](NCc1cccc(C(N)=O)c1)c1cccnc1. The van der Waals surface area contributed by atoms with Crippen molar-refractivity contribution in [3.05, 3.63) is 65.5 Å². The molecule has 0 fully saturated rings. The molecule has 0 unspecified atom stereocenters. The molecule has 0 bridgehead atoms. The molecule has 1 aromatic heterocycles. The van der Waals surface area contributed by atoms with E-state index >= 15 is 0 Å². The van der Waals surface area contributed by atoms with Crippen LogP contribution in [0, 0.1) is 0 Å². The number of carbonyl (C=O) groups is 1. The van der Waals surface area contributed by atoms with E-state index in [0.717, 1.165) is 11.1 Å². The van der Waals surface area contributed by atoms with Gasteiger partial charge in [-0.2, -0.15) is 0 Å². The van der Waals surface area contributed by atoms with Crippen molar-refractivity contribution in [2.75, 3.05) is 0 Å². The first-order chi connectivity index (χ1) is 9.16. The molecule has 4 nitrogen and oxygen atoms in total. The molecule has 1 heterocycles. The van der Waals surface area contributed by atoms with Crippen LogP contribution in [0.25, 0.3) is 0 Å². The van der Waals surface area contributed by atoms with Crippen LogP contribution in [0.5, 0.6) is 0 Å². The van der Waals surface area contributed by atoms with Crippen molar-refractivity contribution < 1.29 is 4.79 Å². The average Bonchev–Trinajstić information content (AvgIpc) is 2.46. The van der Waals surface area contributed by atoms with E-state index in [-0.39, 0.29) is 6.04 Å². The lowest BCUT2D eigenvalue weighted by molar-refractivity contribution is 0.1000. The van der Waals surface area contributed by atoms with Gasteiger partial charge in [0.2, 0.25) is 5.91 Å². The van der Waals surface area contributed by atoms with Gasteiger partial charge in [0.05, 0.1) is 0 Å². The Balaban J connectivity index is 1.99. The summed E-state index contributed by atoms with van der Waals surface area (Å²) in [7, 11) is 0. The van der Waals surface area contributed by atoms with Gasteiger partial charge in [0.15, 0.2) is 0 Å². The van der Waals surface area contributed by atoms with E-state index in [0.29, 0.717) is 12.1 Å². The second-order valence-electron chi connectivity index (χ2n) is 4.45. The molecule has 0 spiro atoms. The molecule has 2 rings (SSSR count). The lowest BCUT2D eigenvalue weighted by Crippen LogP contribution is -2.19. The van der Waals surface area contributed by atoms with Gasteiger partial charge in [-0.3, -0.25) is 9.78 Å². The topological polar surface area (TPSA) is 68.0 Å². The van der Waals surface area contributed by atoms with Crippen molar-refractivity contribution in [2.45, 2.75) is 19.5 Å². The van der Waals surface area contributed by atoms with Gasteiger partial charge < -0.3 is 11.1 Å². The molecule has 19 heavy (non-hydrogen) atoms. The normalized spacial score (nSPS) is 12.1. The number of carbonyl (C=O) groups excluding carboxylic acids is 1. The molecule has 1 amide bonds. The highest BCUT2D eigenvalue weighted by molar-refractivity contribution is 5.92. The van der Waals surface area contributed by atoms with E-state index in [2.05, 4.69) is 17.2 Å². The fourth-order valence-corrected chi connectivity index (χ4v) is 1.86. The van der Waals surface area contributed by atoms with Crippen LogP contribution < -0.4 is 11.1 Å². The summed E-state index contributed by atoms with van der Waals surface area (Å²) < 4.78 is 0. The van der Waals surface area contributed by atoms with Crippen molar-refractivity contribution >= 4 is 5.91 Å². The number of benzene rings is 1. The molecular formula is C15H17N3O. The van der Waals surface area contributed by atoms with Crippen LogP contribution in [-0.2, 0) is 6.54 Å². The third kappa shape index (κ3) is 3.63. The van der Waals surface area contributed by atoms with Crippen LogP contribution in [0.4, 0.5) is 0 Å². The molecule has 3 N–H and O–H groups in total. The molecule has 4 heteroatoms. The first-order valence-electron chi connectivity index (χ1n) is 6.19. The number of primary amides is 1. The number of nitrogens with zero attached hydrogens (tertiary/aromatic N) is 1. The number of amides is 1. The zero-order valence-electron chi connectivity index (χ0n) is 10.8. The molecule has 0 saturated carbocycles. The van der Waals surface area contributed by atoms with Crippen LogP contribution in [0.1, 0.15) is 34.5 Å². The van der Waals surface area contributed by atoms with Crippen molar-refractivity contribution in [3.63, 3.8) is 0 Å². The molecule has 1 aromatic carbocycles. The van der Waals surface area contributed by atoms with E-state index < -0.39 is 5.91 Å². The summed E-state index contributed by atoms with van der Waals surface area (Å²) in [4.78, 5) is 15.2. The number of rotatable bonds is 5. The van der Waals surface area contributed by atoms with Gasteiger partial charge in [-0.25, -0.2) is 0 Å². The van der Waals surface area contributed by atoms with Gasteiger partial charge in [0.1, 0.15) is 0 Å². The summed E-state index contributed by atoms with van der Waals surface area (Å²) in [5, 5.41) is 3.39. The Morgan fingerprint density at radius 2 is 2.21 bits per heavy atom. The second kappa shape index (κ2) is 6.11. The maximum atomic E-state index is 11.1. The van der Waals surface area contributed by atoms with Crippen LogP contribution in [0.15, 0.2) is 48.8 Å². The molecule has 0 aliphatic rings. The van der Waals surface area contributed by atoms with Gasteiger partial charge in [0, 0.05) is 30.5 Å². The fourth-order valence-electron chi connectivity index (χ4n) is 1.86. The van der Waals surface area contributed by atoms with E-state index in [4.69, 9.17) is 5.73 Å². The third-order valence-corrected chi connectivity index (χ3v) is 3.01. The summed E-state index contributed by atoms with van der Waals surface area (Å²) in [6, 6.07) is 11.5. The predicted octanol–water partition coefficient (Wildman–Crippen LogP) is 2.03. The van der Waals surface area contributed by atoms with Crippen molar-refractivity contribution in [1.82, 2.24) is 10.3 Å². The molecule has 0 aliphatic heterocycles. The van der Waals surface area contributed by atoms with Crippen molar-refractivity contribution in [1.29, 1.82) is 0 Å². The van der Waals surface area contributed by atoms with Crippen LogP contribution >= 0.6 is 0 Å². The van der Waals surface area contributed by atoms with Gasteiger partial charge in [-0.1, -0.05) is 18.2 Å². The van der Waals surface area contributed by atoms with Crippen LogP contribution in [-0.4, -0.2) is 10.9 Å². The van der Waals surface area contributed by atoms with Crippen LogP contribution in [0.2, 0.25) is 0 Å². The number of aromatic nitrogens is 1. The maximum Gasteiger partial charge on any atom is 0.248 e. The highest BCUT2D eigenvalue weighted by Gasteiger charge is 2.05. The molecule has 0 radical (unpaired) electrons. The number of pyridine rings is 1. The summed E-state index contributed by atoms with van der Waals surface area (Å²) >= 11 is 0. The average molecular weight is 255 g/mol. The number of nitrogens with one attached hydrogen (secondary N) is 1. The van der Waals surface area contributed by atoms with Gasteiger partial charge in [0.25, 0.3) is 0 Å². The van der Waals surface area contributed by atoms with Gasteiger partial charge >= 0.3 is 0 Å². The number of hydrogen-bond donors (Lipinski definition) is 2. The Kier molecular flexibility index (Phi) is 4.26.